The summed E-state index contributed by atoms with van der Waals surface area (Å²) in [6.45, 7) is 4.91. The first-order valence-corrected chi connectivity index (χ1v) is 9.40. The van der Waals surface area contributed by atoms with E-state index in [0.717, 1.165) is 23.9 Å². The molecule has 3 aliphatic rings. The Morgan fingerprint density at radius 3 is 2.20 bits per heavy atom. The molecule has 3 unspecified atom stereocenters. The summed E-state index contributed by atoms with van der Waals surface area (Å²) in [6.07, 6.45) is 17.7. The molecule has 20 heavy (non-hydrogen) atoms. The van der Waals surface area contributed by atoms with Gasteiger partial charge < -0.3 is 5.32 Å². The van der Waals surface area contributed by atoms with Crippen molar-refractivity contribution in [2.75, 3.05) is 0 Å². The van der Waals surface area contributed by atoms with Crippen molar-refractivity contribution >= 4 is 0 Å². The molecule has 0 amide bonds. The lowest BCUT2D eigenvalue weighted by Crippen LogP contribution is -2.46. The maximum Gasteiger partial charge on any atom is 0.0101 e. The monoisotopic (exact) mass is 277 g/mol. The van der Waals surface area contributed by atoms with Gasteiger partial charge >= 0.3 is 0 Å². The van der Waals surface area contributed by atoms with Crippen molar-refractivity contribution < 1.29 is 0 Å². The van der Waals surface area contributed by atoms with Gasteiger partial charge in [0.2, 0.25) is 0 Å². The second kappa shape index (κ2) is 6.38. The Balaban J connectivity index is 1.57. The summed E-state index contributed by atoms with van der Waals surface area (Å²) >= 11 is 0. The molecule has 0 bridgehead atoms. The van der Waals surface area contributed by atoms with Crippen LogP contribution in [0.15, 0.2) is 0 Å². The maximum absolute atomic E-state index is 4.12. The fraction of sp³-hybridized carbons (Fsp3) is 1.00. The number of hydrogen-bond acceptors (Lipinski definition) is 1. The highest BCUT2D eigenvalue weighted by atomic mass is 15.0. The summed E-state index contributed by atoms with van der Waals surface area (Å²) in [5.74, 6) is 2.06. The summed E-state index contributed by atoms with van der Waals surface area (Å²) in [6, 6.07) is 1.67. The average Bonchev–Trinajstić information content (AvgIpc) is 2.79. The first-order valence-electron chi connectivity index (χ1n) is 9.40. The highest BCUT2D eigenvalue weighted by molar-refractivity contribution is 4.93. The number of nitrogens with one attached hydrogen (secondary N) is 1. The molecule has 0 spiro atoms. The van der Waals surface area contributed by atoms with Gasteiger partial charge in [-0.25, -0.2) is 0 Å². The largest absolute Gasteiger partial charge is 0.311 e. The predicted molar refractivity (Wildman–Crippen MR) is 86.9 cm³/mol. The maximum atomic E-state index is 4.12. The fourth-order valence-electron chi connectivity index (χ4n) is 5.37. The lowest BCUT2D eigenvalue weighted by Gasteiger charge is -2.41. The lowest BCUT2D eigenvalue weighted by atomic mass is 9.70. The molecule has 0 aromatic rings. The molecular formula is C19H35N. The Labute approximate surface area is 126 Å². The Kier molecular flexibility index (Phi) is 4.75. The zero-order valence-corrected chi connectivity index (χ0v) is 13.8. The Bertz CT molecular complexity index is 303. The molecule has 0 heterocycles. The van der Waals surface area contributed by atoms with Crippen LogP contribution in [0, 0.1) is 17.3 Å². The number of rotatable bonds is 3. The van der Waals surface area contributed by atoms with Crippen LogP contribution in [-0.2, 0) is 0 Å². The highest BCUT2D eigenvalue weighted by Gasteiger charge is 2.36. The van der Waals surface area contributed by atoms with E-state index in [-0.39, 0.29) is 0 Å². The minimum Gasteiger partial charge on any atom is -0.311 e. The van der Waals surface area contributed by atoms with E-state index < -0.39 is 0 Å². The van der Waals surface area contributed by atoms with Gasteiger partial charge in [-0.05, 0) is 49.4 Å². The molecule has 0 aromatic carbocycles. The van der Waals surface area contributed by atoms with Crippen LogP contribution in [0.5, 0.6) is 0 Å². The van der Waals surface area contributed by atoms with E-state index in [4.69, 9.17) is 0 Å². The summed E-state index contributed by atoms with van der Waals surface area (Å²) in [7, 11) is 0. The predicted octanol–water partition coefficient (Wildman–Crippen LogP) is 5.29. The van der Waals surface area contributed by atoms with E-state index in [9.17, 15) is 0 Å². The van der Waals surface area contributed by atoms with E-state index >= 15 is 0 Å². The van der Waals surface area contributed by atoms with Crippen molar-refractivity contribution in [1.29, 1.82) is 0 Å². The third kappa shape index (κ3) is 3.59. The first-order chi connectivity index (χ1) is 9.64. The van der Waals surface area contributed by atoms with Crippen LogP contribution < -0.4 is 5.32 Å². The Hall–Kier alpha value is -0.0400. The summed E-state index contributed by atoms with van der Waals surface area (Å²) in [5.41, 5.74) is 0.590. The van der Waals surface area contributed by atoms with Crippen molar-refractivity contribution in [1.82, 2.24) is 5.32 Å². The van der Waals surface area contributed by atoms with Gasteiger partial charge in [0.1, 0.15) is 0 Å². The van der Waals surface area contributed by atoms with E-state index in [1.165, 1.54) is 77.0 Å². The molecule has 0 aromatic heterocycles. The van der Waals surface area contributed by atoms with Crippen LogP contribution in [-0.4, -0.2) is 12.1 Å². The topological polar surface area (TPSA) is 12.0 Å². The van der Waals surface area contributed by atoms with E-state index in [1.54, 1.807) is 0 Å². The van der Waals surface area contributed by atoms with Crippen molar-refractivity contribution in [3.8, 4) is 0 Å². The summed E-state index contributed by atoms with van der Waals surface area (Å²) in [5, 5.41) is 4.12. The van der Waals surface area contributed by atoms with Crippen molar-refractivity contribution in [3.05, 3.63) is 0 Å². The minimum absolute atomic E-state index is 0.590. The summed E-state index contributed by atoms with van der Waals surface area (Å²) in [4.78, 5) is 0. The molecule has 0 radical (unpaired) electrons. The summed E-state index contributed by atoms with van der Waals surface area (Å²) < 4.78 is 0. The Morgan fingerprint density at radius 1 is 0.800 bits per heavy atom. The highest BCUT2D eigenvalue weighted by Crippen LogP contribution is 2.41. The zero-order valence-electron chi connectivity index (χ0n) is 13.8. The molecule has 0 aliphatic heterocycles. The molecule has 1 N–H and O–H groups in total. The quantitative estimate of drug-likeness (QED) is 0.738. The van der Waals surface area contributed by atoms with Crippen LogP contribution in [0.3, 0.4) is 0 Å². The standard InChI is InChI=1S/C19H35N/c1-19(2)13-12-16(14-19)20-18-11-7-6-10-17(18)15-8-4-3-5-9-15/h15-18,20H,3-14H2,1-2H3. The van der Waals surface area contributed by atoms with Gasteiger partial charge in [0.05, 0.1) is 0 Å². The average molecular weight is 277 g/mol. The molecule has 3 atom stereocenters. The van der Waals surface area contributed by atoms with E-state index in [1.807, 2.05) is 0 Å². The van der Waals surface area contributed by atoms with Crippen LogP contribution in [0.4, 0.5) is 0 Å². The Morgan fingerprint density at radius 2 is 1.50 bits per heavy atom. The van der Waals surface area contributed by atoms with E-state index in [0.29, 0.717) is 5.41 Å². The zero-order chi connectivity index (χ0) is 14.0. The van der Waals surface area contributed by atoms with Crippen LogP contribution in [0.2, 0.25) is 0 Å². The molecule has 3 rings (SSSR count). The number of hydrogen-bond donors (Lipinski definition) is 1. The molecule has 1 heteroatoms. The lowest BCUT2D eigenvalue weighted by molar-refractivity contribution is 0.140. The van der Waals surface area contributed by atoms with Crippen molar-refractivity contribution in [2.45, 2.75) is 103 Å². The molecule has 3 aliphatic carbocycles. The van der Waals surface area contributed by atoms with Crippen molar-refractivity contribution in [3.63, 3.8) is 0 Å². The van der Waals surface area contributed by atoms with Crippen LogP contribution in [0.25, 0.3) is 0 Å². The van der Waals surface area contributed by atoms with Crippen LogP contribution >= 0.6 is 0 Å². The van der Waals surface area contributed by atoms with Gasteiger partial charge in [-0.1, -0.05) is 58.8 Å². The van der Waals surface area contributed by atoms with Gasteiger partial charge in [-0.15, -0.1) is 0 Å². The first kappa shape index (κ1) is 14.9. The third-order valence-corrected chi connectivity index (χ3v) is 6.49. The second-order valence-corrected chi connectivity index (χ2v) is 8.72. The second-order valence-electron chi connectivity index (χ2n) is 8.72. The van der Waals surface area contributed by atoms with Gasteiger partial charge in [0.15, 0.2) is 0 Å². The van der Waals surface area contributed by atoms with Crippen LogP contribution in [0.1, 0.15) is 90.9 Å². The SMILES string of the molecule is CC1(C)CCC(NC2CCCCC2C2CCCCC2)C1. The molecule has 3 fully saturated rings. The third-order valence-electron chi connectivity index (χ3n) is 6.49. The van der Waals surface area contributed by atoms with Crippen molar-refractivity contribution in [2.24, 2.45) is 17.3 Å². The molecule has 0 saturated heterocycles. The minimum atomic E-state index is 0.590. The van der Waals surface area contributed by atoms with Gasteiger partial charge in [0, 0.05) is 12.1 Å². The fourth-order valence-corrected chi connectivity index (χ4v) is 5.37. The molecule has 116 valence electrons. The molecular weight excluding hydrogens is 242 g/mol. The smallest absolute Gasteiger partial charge is 0.0101 e. The van der Waals surface area contributed by atoms with Gasteiger partial charge in [-0.2, -0.15) is 0 Å². The van der Waals surface area contributed by atoms with E-state index in [2.05, 4.69) is 19.2 Å². The van der Waals surface area contributed by atoms with Gasteiger partial charge in [0.25, 0.3) is 0 Å². The molecule has 1 nitrogen and oxygen atoms in total. The molecule has 3 saturated carbocycles. The normalized spacial score (nSPS) is 39.0. The van der Waals surface area contributed by atoms with Gasteiger partial charge in [-0.3, -0.25) is 0 Å².